The Morgan fingerprint density at radius 3 is 2.43 bits per heavy atom. The SMILES string of the molecule is CC(=O)NC1=NN(c2ccccc2)C(=O)C1N=Nc1ccccc1S(=O)(=O)[O-]. The number of amidine groups is 1. The number of hydrazone groups is 1. The minimum Gasteiger partial charge on any atom is -0.744 e. The third kappa shape index (κ3) is 4.10. The van der Waals surface area contributed by atoms with Crippen molar-refractivity contribution >= 4 is 39.1 Å². The highest BCUT2D eigenvalue weighted by atomic mass is 32.2. The van der Waals surface area contributed by atoms with Crippen molar-refractivity contribution in [1.29, 1.82) is 0 Å². The van der Waals surface area contributed by atoms with Crippen LogP contribution in [0.15, 0.2) is 74.8 Å². The smallest absolute Gasteiger partial charge is 0.282 e. The number of rotatable bonds is 4. The summed E-state index contributed by atoms with van der Waals surface area (Å²) in [5.41, 5.74) is 0.237. The molecule has 0 fully saturated rings. The van der Waals surface area contributed by atoms with Crippen LogP contribution in [0.2, 0.25) is 0 Å². The number of nitrogens with zero attached hydrogens (tertiary/aromatic N) is 4. The van der Waals surface area contributed by atoms with Gasteiger partial charge in [0.1, 0.15) is 15.8 Å². The summed E-state index contributed by atoms with van der Waals surface area (Å²) in [5.74, 6) is -1.13. The molecule has 2 amide bonds. The molecular weight excluding hydrogens is 386 g/mol. The second kappa shape index (κ2) is 7.66. The van der Waals surface area contributed by atoms with E-state index in [-0.39, 0.29) is 11.5 Å². The Morgan fingerprint density at radius 2 is 1.79 bits per heavy atom. The van der Waals surface area contributed by atoms with Gasteiger partial charge in [0.2, 0.25) is 11.9 Å². The van der Waals surface area contributed by atoms with Crippen LogP contribution >= 0.6 is 0 Å². The highest BCUT2D eigenvalue weighted by Crippen LogP contribution is 2.26. The summed E-state index contributed by atoms with van der Waals surface area (Å²) in [6.45, 7) is 1.24. The molecule has 1 unspecified atom stereocenters. The Bertz CT molecular complexity index is 1080. The second-order valence-electron chi connectivity index (χ2n) is 5.69. The zero-order valence-electron chi connectivity index (χ0n) is 14.5. The van der Waals surface area contributed by atoms with Gasteiger partial charge in [-0.2, -0.15) is 15.2 Å². The molecule has 0 spiro atoms. The minimum absolute atomic E-state index is 0.0624. The van der Waals surface area contributed by atoms with Gasteiger partial charge in [0.25, 0.3) is 5.91 Å². The minimum atomic E-state index is -4.78. The van der Waals surface area contributed by atoms with Gasteiger partial charge in [-0.1, -0.05) is 30.3 Å². The lowest BCUT2D eigenvalue weighted by Crippen LogP contribution is -2.38. The van der Waals surface area contributed by atoms with Gasteiger partial charge in [0, 0.05) is 6.92 Å². The van der Waals surface area contributed by atoms with E-state index in [1.807, 2.05) is 0 Å². The lowest BCUT2D eigenvalue weighted by molar-refractivity contribution is -0.117. The van der Waals surface area contributed by atoms with Crippen molar-refractivity contribution in [3.05, 3.63) is 54.6 Å². The van der Waals surface area contributed by atoms with Crippen molar-refractivity contribution in [3.8, 4) is 0 Å². The average Bonchev–Trinajstić information content (AvgIpc) is 2.95. The van der Waals surface area contributed by atoms with Gasteiger partial charge >= 0.3 is 0 Å². The monoisotopic (exact) mass is 400 g/mol. The quantitative estimate of drug-likeness (QED) is 0.611. The molecular formula is C17H14N5O5S-. The average molecular weight is 400 g/mol. The highest BCUT2D eigenvalue weighted by Gasteiger charge is 2.38. The van der Waals surface area contributed by atoms with Crippen molar-refractivity contribution in [2.45, 2.75) is 17.9 Å². The number of azo groups is 1. The molecule has 0 aromatic heterocycles. The van der Waals surface area contributed by atoms with E-state index in [1.54, 1.807) is 30.3 Å². The van der Waals surface area contributed by atoms with Crippen LogP contribution in [-0.4, -0.2) is 36.7 Å². The summed E-state index contributed by atoms with van der Waals surface area (Å²) < 4.78 is 34.0. The molecule has 144 valence electrons. The molecule has 0 aliphatic carbocycles. The number of hydrogen-bond donors (Lipinski definition) is 1. The Labute approximate surface area is 160 Å². The summed E-state index contributed by atoms with van der Waals surface area (Å²) in [4.78, 5) is 23.6. The lowest BCUT2D eigenvalue weighted by atomic mass is 10.2. The molecule has 1 N–H and O–H groups in total. The van der Waals surface area contributed by atoms with Crippen LogP contribution in [0.25, 0.3) is 0 Å². The number of nitrogens with one attached hydrogen (secondary N) is 1. The molecule has 2 aromatic rings. The van der Waals surface area contributed by atoms with Gasteiger partial charge in [-0.15, -0.1) is 5.10 Å². The Hall–Kier alpha value is -3.44. The van der Waals surface area contributed by atoms with Crippen LogP contribution in [-0.2, 0) is 19.7 Å². The maximum Gasteiger partial charge on any atom is 0.282 e. The normalized spacial score (nSPS) is 17.1. The van der Waals surface area contributed by atoms with Gasteiger partial charge in [0.15, 0.2) is 5.84 Å². The topological polar surface area (TPSA) is 144 Å². The maximum atomic E-state index is 12.7. The van der Waals surface area contributed by atoms with Crippen molar-refractivity contribution in [3.63, 3.8) is 0 Å². The third-order valence-electron chi connectivity index (χ3n) is 3.63. The van der Waals surface area contributed by atoms with Crippen LogP contribution in [0.1, 0.15) is 6.92 Å². The zero-order valence-corrected chi connectivity index (χ0v) is 15.3. The van der Waals surface area contributed by atoms with Gasteiger partial charge in [0.05, 0.1) is 10.6 Å². The van der Waals surface area contributed by atoms with Crippen molar-refractivity contribution in [1.82, 2.24) is 5.32 Å². The number of para-hydroxylation sites is 1. The van der Waals surface area contributed by atoms with Gasteiger partial charge in [-0.3, -0.25) is 9.59 Å². The third-order valence-corrected chi connectivity index (χ3v) is 4.51. The Kier molecular flexibility index (Phi) is 5.29. The van der Waals surface area contributed by atoms with Crippen LogP contribution < -0.4 is 10.3 Å². The molecule has 11 heteroatoms. The first-order valence-electron chi connectivity index (χ1n) is 7.98. The molecule has 0 saturated heterocycles. The van der Waals surface area contributed by atoms with Gasteiger partial charge in [-0.05, 0) is 24.3 Å². The summed E-state index contributed by atoms with van der Waals surface area (Å²) in [5, 5.41) is 15.2. The van der Waals surface area contributed by atoms with Gasteiger partial charge in [-0.25, -0.2) is 8.42 Å². The number of amides is 2. The van der Waals surface area contributed by atoms with E-state index in [0.717, 1.165) is 11.1 Å². The van der Waals surface area contributed by atoms with E-state index in [4.69, 9.17) is 0 Å². The van der Waals surface area contributed by atoms with Crippen LogP contribution in [0, 0.1) is 0 Å². The largest absolute Gasteiger partial charge is 0.744 e. The molecule has 0 bridgehead atoms. The van der Waals surface area contributed by atoms with Crippen molar-refractivity contribution in [2.24, 2.45) is 15.3 Å². The Balaban J connectivity index is 1.97. The number of anilines is 1. The molecule has 1 heterocycles. The highest BCUT2D eigenvalue weighted by molar-refractivity contribution is 7.85. The molecule has 3 rings (SSSR count). The molecule has 1 aliphatic heterocycles. The zero-order chi connectivity index (χ0) is 20.3. The van der Waals surface area contributed by atoms with E-state index in [2.05, 4.69) is 20.6 Å². The summed E-state index contributed by atoms with van der Waals surface area (Å²) >= 11 is 0. The number of benzene rings is 2. The molecule has 0 radical (unpaired) electrons. The molecule has 2 aromatic carbocycles. The molecule has 10 nitrogen and oxygen atoms in total. The molecule has 28 heavy (non-hydrogen) atoms. The van der Waals surface area contributed by atoms with Crippen LogP contribution in [0.3, 0.4) is 0 Å². The Morgan fingerprint density at radius 1 is 1.14 bits per heavy atom. The van der Waals surface area contributed by atoms with Crippen molar-refractivity contribution < 1.29 is 22.6 Å². The van der Waals surface area contributed by atoms with Crippen LogP contribution in [0.4, 0.5) is 11.4 Å². The second-order valence-corrected chi connectivity index (χ2v) is 7.04. The predicted octanol–water partition coefficient (Wildman–Crippen LogP) is 1.54. The first-order valence-corrected chi connectivity index (χ1v) is 9.39. The van der Waals surface area contributed by atoms with E-state index >= 15 is 0 Å². The summed E-state index contributed by atoms with van der Waals surface area (Å²) in [7, 11) is -4.78. The standard InChI is InChI=1S/C17H15N5O5S/c1-11(23)18-16-15(17(24)22(21-16)12-7-3-2-4-8-12)20-19-13-9-5-6-10-14(13)28(25,26)27/h2-10,15H,1H3,(H,18,21,23)(H,25,26,27)/p-1. The summed E-state index contributed by atoms with van der Waals surface area (Å²) in [6, 6.07) is 12.4. The van der Waals surface area contributed by atoms with Gasteiger partial charge < -0.3 is 9.87 Å². The fourth-order valence-electron chi connectivity index (χ4n) is 2.45. The summed E-state index contributed by atoms with van der Waals surface area (Å²) in [6.07, 6.45) is 0. The first kappa shape index (κ1) is 19.3. The molecule has 0 saturated carbocycles. The maximum absolute atomic E-state index is 12.7. The number of carbonyl (C=O) groups is 2. The van der Waals surface area contributed by atoms with E-state index in [0.29, 0.717) is 5.69 Å². The van der Waals surface area contributed by atoms with Crippen LogP contribution in [0.5, 0.6) is 0 Å². The number of carbonyl (C=O) groups excluding carboxylic acids is 2. The lowest BCUT2D eigenvalue weighted by Gasteiger charge is -2.12. The predicted molar refractivity (Wildman–Crippen MR) is 97.9 cm³/mol. The fraction of sp³-hybridized carbons (Fsp3) is 0.118. The van der Waals surface area contributed by atoms with E-state index < -0.39 is 32.9 Å². The van der Waals surface area contributed by atoms with Crippen molar-refractivity contribution in [2.75, 3.05) is 5.01 Å². The fourth-order valence-corrected chi connectivity index (χ4v) is 3.06. The molecule has 1 atom stereocenters. The van der Waals surface area contributed by atoms with E-state index in [1.165, 1.54) is 25.1 Å². The molecule has 1 aliphatic rings. The number of hydrogen-bond acceptors (Lipinski definition) is 8. The first-order chi connectivity index (χ1) is 13.3. The van der Waals surface area contributed by atoms with E-state index in [9.17, 15) is 22.6 Å².